The molecule has 0 aliphatic heterocycles. The third kappa shape index (κ3) is 4.10. The molecule has 0 saturated carbocycles. The number of carboxylic acids is 1. The largest absolute Gasteiger partial charge is 0.494 e. The minimum atomic E-state index is -1.02. The summed E-state index contributed by atoms with van der Waals surface area (Å²) in [6, 6.07) is 11.7. The lowest BCUT2D eigenvalue weighted by Crippen LogP contribution is -2.14. The molecule has 0 aromatic heterocycles. The van der Waals surface area contributed by atoms with Gasteiger partial charge in [0.25, 0.3) is 5.91 Å². The Bertz CT molecular complexity index is 725. The van der Waals surface area contributed by atoms with Crippen LogP contribution in [0.4, 0.5) is 5.69 Å². The smallest absolute Gasteiger partial charge is 0.336 e. The molecule has 2 aromatic carbocycles. The zero-order valence-electron chi connectivity index (χ0n) is 13.1. The number of carbonyl (C=O) groups excluding carboxylic acids is 1. The second-order valence-electron chi connectivity index (χ2n) is 5.11. The van der Waals surface area contributed by atoms with Crippen molar-refractivity contribution in [2.24, 2.45) is 0 Å². The predicted octanol–water partition coefficient (Wildman–Crippen LogP) is 3.73. The molecule has 0 bridgehead atoms. The summed E-state index contributed by atoms with van der Waals surface area (Å²) in [6.45, 7) is 4.26. The number of amides is 1. The minimum Gasteiger partial charge on any atom is -0.494 e. The molecule has 2 rings (SSSR count). The Balaban J connectivity index is 2.19. The monoisotopic (exact) mass is 313 g/mol. The summed E-state index contributed by atoms with van der Waals surface area (Å²) < 4.78 is 5.51. The van der Waals surface area contributed by atoms with Crippen molar-refractivity contribution in [1.29, 1.82) is 0 Å². The van der Waals surface area contributed by atoms with Crippen LogP contribution in [0.5, 0.6) is 5.75 Å². The Hall–Kier alpha value is -2.82. The first-order valence-corrected chi connectivity index (χ1v) is 7.40. The lowest BCUT2D eigenvalue weighted by atomic mass is 10.1. The van der Waals surface area contributed by atoms with Gasteiger partial charge in [0.1, 0.15) is 5.75 Å². The molecule has 0 atom stereocenters. The van der Waals surface area contributed by atoms with Gasteiger partial charge < -0.3 is 15.2 Å². The van der Waals surface area contributed by atoms with E-state index < -0.39 is 5.97 Å². The van der Waals surface area contributed by atoms with E-state index in [0.29, 0.717) is 29.2 Å². The van der Waals surface area contributed by atoms with Crippen molar-refractivity contribution in [3.8, 4) is 5.75 Å². The van der Waals surface area contributed by atoms with Gasteiger partial charge in [-0.15, -0.1) is 0 Å². The van der Waals surface area contributed by atoms with Crippen molar-refractivity contribution in [3.05, 3.63) is 59.2 Å². The zero-order chi connectivity index (χ0) is 16.8. The maximum atomic E-state index is 12.4. The average molecular weight is 313 g/mol. The number of aromatic carboxylic acids is 1. The normalized spacial score (nSPS) is 10.2. The van der Waals surface area contributed by atoms with Gasteiger partial charge in [0.05, 0.1) is 12.2 Å². The van der Waals surface area contributed by atoms with Crippen molar-refractivity contribution < 1.29 is 19.4 Å². The predicted molar refractivity (Wildman–Crippen MR) is 88.3 cm³/mol. The number of nitrogens with one attached hydrogen (secondary N) is 1. The van der Waals surface area contributed by atoms with Crippen LogP contribution in [-0.2, 0) is 0 Å². The van der Waals surface area contributed by atoms with Gasteiger partial charge in [-0.3, -0.25) is 4.79 Å². The van der Waals surface area contributed by atoms with Gasteiger partial charge in [-0.2, -0.15) is 0 Å². The van der Waals surface area contributed by atoms with Crippen LogP contribution < -0.4 is 10.1 Å². The molecule has 5 heteroatoms. The number of ether oxygens (including phenoxy) is 1. The van der Waals surface area contributed by atoms with E-state index >= 15 is 0 Å². The quantitative estimate of drug-likeness (QED) is 0.852. The molecule has 5 nitrogen and oxygen atoms in total. The molecule has 2 N–H and O–H groups in total. The van der Waals surface area contributed by atoms with E-state index in [4.69, 9.17) is 9.84 Å². The highest BCUT2D eigenvalue weighted by Crippen LogP contribution is 2.21. The fourth-order valence-corrected chi connectivity index (χ4v) is 2.14. The standard InChI is InChI=1S/C18H19NO4/c1-3-10-23-14-7-4-6-13(11-14)17(20)19-16-9-5-8-15(12(16)2)18(21)22/h4-9,11H,3,10H2,1-2H3,(H,19,20)(H,21,22). The Morgan fingerprint density at radius 1 is 1.17 bits per heavy atom. The van der Waals surface area contributed by atoms with Gasteiger partial charge in [-0.05, 0) is 49.2 Å². The van der Waals surface area contributed by atoms with Crippen LogP contribution in [0.15, 0.2) is 42.5 Å². The maximum absolute atomic E-state index is 12.4. The lowest BCUT2D eigenvalue weighted by molar-refractivity contribution is 0.0695. The molecular weight excluding hydrogens is 294 g/mol. The van der Waals surface area contributed by atoms with Crippen LogP contribution in [0.2, 0.25) is 0 Å². The molecule has 0 aliphatic carbocycles. The third-order valence-corrected chi connectivity index (χ3v) is 3.38. The summed E-state index contributed by atoms with van der Waals surface area (Å²) in [5.41, 5.74) is 1.63. The number of rotatable bonds is 6. The molecule has 0 fully saturated rings. The van der Waals surface area contributed by atoms with E-state index in [1.54, 1.807) is 43.3 Å². The second kappa shape index (κ2) is 7.45. The molecule has 0 unspecified atom stereocenters. The summed E-state index contributed by atoms with van der Waals surface area (Å²) in [4.78, 5) is 23.5. The fourth-order valence-electron chi connectivity index (χ4n) is 2.14. The van der Waals surface area contributed by atoms with Gasteiger partial charge in [0, 0.05) is 11.3 Å². The van der Waals surface area contributed by atoms with E-state index in [-0.39, 0.29) is 11.5 Å². The fraction of sp³-hybridized carbons (Fsp3) is 0.222. The van der Waals surface area contributed by atoms with Crippen molar-refractivity contribution in [2.75, 3.05) is 11.9 Å². The van der Waals surface area contributed by atoms with Gasteiger partial charge >= 0.3 is 5.97 Å². The van der Waals surface area contributed by atoms with Gasteiger partial charge in [-0.25, -0.2) is 4.79 Å². The van der Waals surface area contributed by atoms with Crippen LogP contribution >= 0.6 is 0 Å². The summed E-state index contributed by atoms with van der Waals surface area (Å²) >= 11 is 0. The van der Waals surface area contributed by atoms with Crippen LogP contribution in [-0.4, -0.2) is 23.6 Å². The molecule has 0 heterocycles. The Morgan fingerprint density at radius 3 is 2.61 bits per heavy atom. The van der Waals surface area contributed by atoms with Crippen molar-refractivity contribution in [3.63, 3.8) is 0 Å². The first-order chi connectivity index (χ1) is 11.0. The van der Waals surface area contributed by atoms with Crippen LogP contribution in [0.1, 0.15) is 39.6 Å². The van der Waals surface area contributed by atoms with Crippen molar-refractivity contribution in [1.82, 2.24) is 0 Å². The zero-order valence-corrected chi connectivity index (χ0v) is 13.1. The highest BCUT2D eigenvalue weighted by Gasteiger charge is 2.13. The van der Waals surface area contributed by atoms with Gasteiger partial charge in [0.2, 0.25) is 0 Å². The Labute approximate surface area is 134 Å². The van der Waals surface area contributed by atoms with Gasteiger partial charge in [0.15, 0.2) is 0 Å². The topological polar surface area (TPSA) is 75.6 Å². The molecule has 120 valence electrons. The summed E-state index contributed by atoms with van der Waals surface area (Å²) in [5.74, 6) is -0.693. The Kier molecular flexibility index (Phi) is 5.36. The van der Waals surface area contributed by atoms with E-state index in [0.717, 1.165) is 6.42 Å². The number of carbonyl (C=O) groups is 2. The molecule has 0 radical (unpaired) electrons. The highest BCUT2D eigenvalue weighted by molar-refractivity contribution is 6.05. The number of anilines is 1. The second-order valence-corrected chi connectivity index (χ2v) is 5.11. The molecule has 0 aliphatic rings. The van der Waals surface area contributed by atoms with Crippen LogP contribution in [0.3, 0.4) is 0 Å². The molecule has 0 saturated heterocycles. The summed E-state index contributed by atoms with van der Waals surface area (Å²) in [7, 11) is 0. The summed E-state index contributed by atoms with van der Waals surface area (Å²) in [6.07, 6.45) is 0.887. The van der Waals surface area contributed by atoms with E-state index in [9.17, 15) is 9.59 Å². The van der Waals surface area contributed by atoms with E-state index in [1.807, 2.05) is 6.92 Å². The van der Waals surface area contributed by atoms with Crippen LogP contribution in [0, 0.1) is 6.92 Å². The van der Waals surface area contributed by atoms with Crippen molar-refractivity contribution >= 4 is 17.6 Å². The first-order valence-electron chi connectivity index (χ1n) is 7.40. The SMILES string of the molecule is CCCOc1cccc(C(=O)Nc2cccc(C(=O)O)c2C)c1. The molecule has 2 aromatic rings. The van der Waals surface area contributed by atoms with Gasteiger partial charge in [-0.1, -0.05) is 19.1 Å². The lowest BCUT2D eigenvalue weighted by Gasteiger charge is -2.11. The molecule has 0 spiro atoms. The highest BCUT2D eigenvalue weighted by atomic mass is 16.5. The molecule has 1 amide bonds. The Morgan fingerprint density at radius 2 is 1.91 bits per heavy atom. The number of benzene rings is 2. The van der Waals surface area contributed by atoms with Crippen molar-refractivity contribution in [2.45, 2.75) is 20.3 Å². The minimum absolute atomic E-state index is 0.169. The third-order valence-electron chi connectivity index (χ3n) is 3.38. The van der Waals surface area contributed by atoms with Crippen LogP contribution in [0.25, 0.3) is 0 Å². The summed E-state index contributed by atoms with van der Waals surface area (Å²) in [5, 5.41) is 11.9. The number of carboxylic acid groups (broad SMARTS) is 1. The van der Waals surface area contributed by atoms with E-state index in [2.05, 4.69) is 5.32 Å². The molecule has 23 heavy (non-hydrogen) atoms. The number of hydrogen-bond donors (Lipinski definition) is 2. The average Bonchev–Trinajstić information content (AvgIpc) is 2.54. The maximum Gasteiger partial charge on any atom is 0.336 e. The molecular formula is C18H19NO4. The first kappa shape index (κ1) is 16.5. The van der Waals surface area contributed by atoms with E-state index in [1.165, 1.54) is 6.07 Å². The number of hydrogen-bond acceptors (Lipinski definition) is 3.